The van der Waals surface area contributed by atoms with Gasteiger partial charge in [0.05, 0.1) is 0 Å². The Morgan fingerprint density at radius 2 is 1.21 bits per heavy atom. The molecule has 0 aliphatic carbocycles. The summed E-state index contributed by atoms with van der Waals surface area (Å²) in [6, 6.07) is 0. The van der Waals surface area contributed by atoms with Crippen molar-refractivity contribution >= 4 is 12.8 Å². The van der Waals surface area contributed by atoms with Gasteiger partial charge in [-0.1, -0.05) is 0 Å². The second-order valence-electron chi connectivity index (χ2n) is 6.24. The molecule has 0 spiro atoms. The summed E-state index contributed by atoms with van der Waals surface area (Å²) in [5.74, 6) is 0.0171. The second kappa shape index (κ2) is 8.95. The van der Waals surface area contributed by atoms with E-state index >= 15 is 0 Å². The quantitative estimate of drug-likeness (QED) is 0.474. The Kier molecular flexibility index (Phi) is 8.90. The van der Waals surface area contributed by atoms with E-state index in [1.54, 1.807) is 0 Å². The van der Waals surface area contributed by atoms with Crippen LogP contribution in [0.25, 0.3) is 0 Å². The van der Waals surface area contributed by atoms with Crippen LogP contribution in [0.3, 0.4) is 0 Å². The summed E-state index contributed by atoms with van der Waals surface area (Å²) in [6.07, 6.45) is 11.1. The molecule has 0 saturated carbocycles. The normalized spacial score (nSPS) is 13.8. The van der Waals surface area contributed by atoms with Crippen LogP contribution in [0.1, 0.15) is 72.6 Å². The summed E-state index contributed by atoms with van der Waals surface area (Å²) < 4.78 is 6.17. The molecule has 0 aromatic heterocycles. The summed E-state index contributed by atoms with van der Waals surface area (Å²) in [4.78, 5) is 11.9. The van der Waals surface area contributed by atoms with Crippen LogP contribution in [-0.2, 0) is 9.32 Å². The van der Waals surface area contributed by atoms with Crippen LogP contribution in [0.4, 0.5) is 0 Å². The molecule has 0 radical (unpaired) electrons. The molecule has 0 fully saturated rings. The standard InChI is InChI=1S/C16H35O2P/c1-6-10-13-19(5,14-11-7-2,15-12-8-3)18-16(17)9-4/h6-15H2,1-5H3. The van der Waals surface area contributed by atoms with Crippen molar-refractivity contribution in [1.29, 1.82) is 0 Å². The molecule has 0 N–H and O–H groups in total. The maximum absolute atomic E-state index is 11.9. The van der Waals surface area contributed by atoms with E-state index in [0.29, 0.717) is 6.42 Å². The maximum atomic E-state index is 11.9. The third-order valence-corrected chi connectivity index (χ3v) is 9.61. The van der Waals surface area contributed by atoms with Crippen LogP contribution in [0, 0.1) is 0 Å². The molecule has 3 heteroatoms. The molecule has 116 valence electrons. The molecule has 19 heavy (non-hydrogen) atoms. The Morgan fingerprint density at radius 3 is 1.47 bits per heavy atom. The predicted molar refractivity (Wildman–Crippen MR) is 88.6 cm³/mol. The first-order valence-electron chi connectivity index (χ1n) is 8.17. The van der Waals surface area contributed by atoms with E-state index in [1.165, 1.54) is 38.5 Å². The Bertz CT molecular complexity index is 239. The molecule has 2 nitrogen and oxygen atoms in total. The van der Waals surface area contributed by atoms with Crippen LogP contribution in [0.5, 0.6) is 0 Å². The molecule has 0 unspecified atom stereocenters. The molecule has 0 aliphatic rings. The van der Waals surface area contributed by atoms with Crippen molar-refractivity contribution in [2.75, 3.05) is 25.2 Å². The molecule has 0 bridgehead atoms. The third-order valence-electron chi connectivity index (χ3n) is 4.10. The van der Waals surface area contributed by atoms with Gasteiger partial charge in [0.2, 0.25) is 0 Å². The summed E-state index contributed by atoms with van der Waals surface area (Å²) in [5, 5.41) is 0. The van der Waals surface area contributed by atoms with E-state index in [4.69, 9.17) is 4.52 Å². The Labute approximate surface area is 120 Å². The predicted octanol–water partition coefficient (Wildman–Crippen LogP) is 5.44. The number of hydrogen-bond acceptors (Lipinski definition) is 2. The van der Waals surface area contributed by atoms with Crippen LogP contribution in [-0.4, -0.2) is 31.1 Å². The fraction of sp³-hybridized carbons (Fsp3) is 0.938. The summed E-state index contributed by atoms with van der Waals surface area (Å²) in [5.41, 5.74) is 0. The monoisotopic (exact) mass is 290 g/mol. The van der Waals surface area contributed by atoms with Crippen molar-refractivity contribution in [2.24, 2.45) is 0 Å². The average molecular weight is 290 g/mol. The van der Waals surface area contributed by atoms with Crippen molar-refractivity contribution in [3.8, 4) is 0 Å². The van der Waals surface area contributed by atoms with Crippen LogP contribution >= 0.6 is 6.83 Å². The molecule has 0 aromatic carbocycles. The first-order valence-corrected chi connectivity index (χ1v) is 11.3. The molecule has 0 aliphatic heterocycles. The molecule has 0 atom stereocenters. The van der Waals surface area contributed by atoms with Gasteiger partial charge in [-0.05, 0) is 0 Å². The average Bonchev–Trinajstić information content (AvgIpc) is 2.41. The molecule has 0 saturated heterocycles. The molecular weight excluding hydrogens is 255 g/mol. The number of rotatable bonds is 11. The van der Waals surface area contributed by atoms with Gasteiger partial charge in [0.25, 0.3) is 0 Å². The zero-order chi connectivity index (χ0) is 14.8. The van der Waals surface area contributed by atoms with Crippen molar-refractivity contribution in [3.05, 3.63) is 0 Å². The van der Waals surface area contributed by atoms with E-state index in [-0.39, 0.29) is 5.97 Å². The second-order valence-corrected chi connectivity index (χ2v) is 12.1. The van der Waals surface area contributed by atoms with Gasteiger partial charge < -0.3 is 0 Å². The van der Waals surface area contributed by atoms with E-state index in [2.05, 4.69) is 27.4 Å². The number of carbonyl (C=O) groups excluding carboxylic acids is 1. The fourth-order valence-electron chi connectivity index (χ4n) is 2.67. The number of unbranched alkanes of at least 4 members (excludes halogenated alkanes) is 3. The van der Waals surface area contributed by atoms with Crippen LogP contribution < -0.4 is 0 Å². The van der Waals surface area contributed by atoms with Gasteiger partial charge in [-0.3, -0.25) is 0 Å². The van der Waals surface area contributed by atoms with E-state index in [1.807, 2.05) is 6.92 Å². The van der Waals surface area contributed by atoms with Gasteiger partial charge in [-0.2, -0.15) is 0 Å². The Hall–Kier alpha value is -0.100. The molecule has 0 heterocycles. The van der Waals surface area contributed by atoms with Gasteiger partial charge in [-0.25, -0.2) is 0 Å². The van der Waals surface area contributed by atoms with Gasteiger partial charge in [-0.15, -0.1) is 0 Å². The number of hydrogen-bond donors (Lipinski definition) is 0. The van der Waals surface area contributed by atoms with Gasteiger partial charge in [0.15, 0.2) is 0 Å². The van der Waals surface area contributed by atoms with E-state index in [0.717, 1.165) is 18.5 Å². The van der Waals surface area contributed by atoms with Crippen molar-refractivity contribution in [2.45, 2.75) is 72.6 Å². The zero-order valence-corrected chi connectivity index (χ0v) is 14.7. The minimum atomic E-state index is -2.28. The molecule has 0 aromatic rings. The van der Waals surface area contributed by atoms with Gasteiger partial charge in [0, 0.05) is 0 Å². The summed E-state index contributed by atoms with van der Waals surface area (Å²) >= 11 is 0. The molecule has 0 amide bonds. The SMILES string of the molecule is CCCCP(C)(CCCC)(CCCC)OC(=O)CC. The van der Waals surface area contributed by atoms with E-state index < -0.39 is 6.83 Å². The van der Waals surface area contributed by atoms with Crippen molar-refractivity contribution < 1.29 is 9.32 Å². The van der Waals surface area contributed by atoms with Gasteiger partial charge >= 0.3 is 120 Å². The molecular formula is C16H35O2P. The first kappa shape index (κ1) is 18.9. The topological polar surface area (TPSA) is 26.3 Å². The Balaban J connectivity index is 5.09. The zero-order valence-electron chi connectivity index (χ0n) is 13.8. The van der Waals surface area contributed by atoms with Crippen molar-refractivity contribution in [1.82, 2.24) is 0 Å². The van der Waals surface area contributed by atoms with Crippen LogP contribution in [0.15, 0.2) is 0 Å². The Morgan fingerprint density at radius 1 is 0.842 bits per heavy atom. The third kappa shape index (κ3) is 6.75. The van der Waals surface area contributed by atoms with Crippen LogP contribution in [0.2, 0.25) is 0 Å². The summed E-state index contributed by atoms with van der Waals surface area (Å²) in [7, 11) is 0. The fourth-order valence-corrected chi connectivity index (χ4v) is 8.00. The number of carbonyl (C=O) groups is 1. The minimum absolute atomic E-state index is 0.0171. The van der Waals surface area contributed by atoms with E-state index in [9.17, 15) is 4.79 Å². The molecule has 0 rings (SSSR count). The van der Waals surface area contributed by atoms with Crippen molar-refractivity contribution in [3.63, 3.8) is 0 Å². The summed E-state index contributed by atoms with van der Waals surface area (Å²) in [6.45, 7) is 8.64. The van der Waals surface area contributed by atoms with Gasteiger partial charge in [0.1, 0.15) is 0 Å². The first-order chi connectivity index (χ1) is 8.93.